The third-order valence-corrected chi connectivity index (χ3v) is 8.45. The fourth-order valence-electron chi connectivity index (χ4n) is 6.21. The number of methoxy groups -OCH3 is 1. The lowest BCUT2D eigenvalue weighted by Crippen LogP contribution is -2.35. The fraction of sp³-hybridized carbons (Fsp3) is 0.424. The molecule has 3 fully saturated rings. The summed E-state index contributed by atoms with van der Waals surface area (Å²) in [5.41, 5.74) is 5.31. The van der Waals surface area contributed by atoms with Gasteiger partial charge in [0.05, 0.1) is 30.9 Å². The predicted octanol–water partition coefficient (Wildman–Crippen LogP) is 5.17. The number of halogens is 1. The Morgan fingerprint density at radius 1 is 0.953 bits per heavy atom. The number of rotatable bonds is 9. The molecule has 0 amide bonds. The molecule has 0 spiro atoms. The standard InChI is InChI=1S/C33H36FN3O6/c1-39-15-13-35-23-11-9-21(10-12-23)20-5-7-22(8-6-20)31-24(34)16-26-25(36-31)17-30(37(26)29-4-2-3-14-40-29)43-28-19-42-32-27(38)18-41-33(28)32/h5-12,16-17,27-29,32-33,35,38H,2-4,13-15,18-19H2,1H3/t27-,28-,29?,32?,33-/m1/s1. The number of hydrogen-bond donors (Lipinski definition) is 2. The van der Waals surface area contributed by atoms with Crippen molar-refractivity contribution in [2.24, 2.45) is 0 Å². The fourth-order valence-corrected chi connectivity index (χ4v) is 6.21. The monoisotopic (exact) mass is 589 g/mol. The average molecular weight is 590 g/mol. The summed E-state index contributed by atoms with van der Waals surface area (Å²) in [6.07, 6.45) is 0.646. The van der Waals surface area contributed by atoms with Crippen LogP contribution in [-0.2, 0) is 18.9 Å². The maximum atomic E-state index is 15.7. The minimum absolute atomic E-state index is 0.218. The van der Waals surface area contributed by atoms with Crippen molar-refractivity contribution in [3.63, 3.8) is 0 Å². The Bertz CT molecular complexity index is 1550. The minimum atomic E-state index is -0.668. The smallest absolute Gasteiger partial charge is 0.198 e. The summed E-state index contributed by atoms with van der Waals surface area (Å²) in [6, 6.07) is 19.3. The number of aliphatic hydroxyl groups is 1. The average Bonchev–Trinajstić information content (AvgIpc) is 3.72. The van der Waals surface area contributed by atoms with Gasteiger partial charge in [-0.3, -0.25) is 4.57 Å². The second-order valence-electron chi connectivity index (χ2n) is 11.3. The second-order valence-corrected chi connectivity index (χ2v) is 11.3. The van der Waals surface area contributed by atoms with Crippen LogP contribution in [0.4, 0.5) is 10.1 Å². The molecule has 43 heavy (non-hydrogen) atoms. The first-order valence-electron chi connectivity index (χ1n) is 14.9. The van der Waals surface area contributed by atoms with Crippen LogP contribution < -0.4 is 10.1 Å². The number of nitrogens with zero attached hydrogens (tertiary/aromatic N) is 2. The third-order valence-electron chi connectivity index (χ3n) is 8.45. The maximum absolute atomic E-state index is 15.7. The highest BCUT2D eigenvalue weighted by Gasteiger charge is 2.48. The first kappa shape index (κ1) is 28.2. The van der Waals surface area contributed by atoms with Crippen molar-refractivity contribution in [3.05, 3.63) is 66.5 Å². The summed E-state index contributed by atoms with van der Waals surface area (Å²) >= 11 is 0. The number of anilines is 1. The number of ether oxygens (including phenoxy) is 5. The zero-order valence-electron chi connectivity index (χ0n) is 24.1. The first-order chi connectivity index (χ1) is 21.1. The molecule has 0 aliphatic carbocycles. The Balaban J connectivity index is 1.17. The van der Waals surface area contributed by atoms with Crippen LogP contribution in [0.25, 0.3) is 33.4 Å². The van der Waals surface area contributed by atoms with Gasteiger partial charge in [0.1, 0.15) is 30.2 Å². The van der Waals surface area contributed by atoms with Gasteiger partial charge in [-0.05, 0) is 42.5 Å². The Morgan fingerprint density at radius 2 is 1.70 bits per heavy atom. The van der Waals surface area contributed by atoms with Crippen molar-refractivity contribution in [1.82, 2.24) is 9.55 Å². The minimum Gasteiger partial charge on any atom is -0.470 e. The third kappa shape index (κ3) is 5.61. The summed E-state index contributed by atoms with van der Waals surface area (Å²) in [5.74, 6) is 0.112. The van der Waals surface area contributed by atoms with Gasteiger partial charge >= 0.3 is 0 Å². The van der Waals surface area contributed by atoms with Gasteiger partial charge in [0, 0.05) is 43.6 Å². The van der Waals surface area contributed by atoms with Crippen molar-refractivity contribution in [2.75, 3.05) is 45.4 Å². The molecule has 9 nitrogen and oxygen atoms in total. The number of aromatic nitrogens is 2. The molecule has 2 unspecified atom stereocenters. The van der Waals surface area contributed by atoms with Crippen LogP contribution >= 0.6 is 0 Å². The molecule has 2 aromatic heterocycles. The predicted molar refractivity (Wildman–Crippen MR) is 160 cm³/mol. The van der Waals surface area contributed by atoms with E-state index in [0.29, 0.717) is 42.3 Å². The lowest BCUT2D eigenvalue weighted by atomic mass is 10.0. The molecule has 0 saturated carbocycles. The van der Waals surface area contributed by atoms with Crippen LogP contribution in [-0.4, -0.2) is 79.2 Å². The van der Waals surface area contributed by atoms with Crippen LogP contribution in [0.1, 0.15) is 25.5 Å². The highest BCUT2D eigenvalue weighted by Crippen LogP contribution is 2.38. The summed E-state index contributed by atoms with van der Waals surface area (Å²) in [6.45, 7) is 2.53. The van der Waals surface area contributed by atoms with Crippen molar-refractivity contribution in [1.29, 1.82) is 0 Å². The van der Waals surface area contributed by atoms with Gasteiger partial charge in [0.25, 0.3) is 0 Å². The van der Waals surface area contributed by atoms with Crippen molar-refractivity contribution in [2.45, 2.75) is 49.9 Å². The highest BCUT2D eigenvalue weighted by molar-refractivity contribution is 5.82. The summed E-state index contributed by atoms with van der Waals surface area (Å²) in [5, 5.41) is 13.5. The number of fused-ring (bicyclic) bond motifs is 2. The van der Waals surface area contributed by atoms with Gasteiger partial charge in [0.2, 0.25) is 0 Å². The molecule has 2 N–H and O–H groups in total. The van der Waals surface area contributed by atoms with E-state index in [9.17, 15) is 5.11 Å². The largest absolute Gasteiger partial charge is 0.470 e. The lowest BCUT2D eigenvalue weighted by molar-refractivity contribution is -0.0392. The van der Waals surface area contributed by atoms with Gasteiger partial charge in [-0.25, -0.2) is 9.37 Å². The van der Waals surface area contributed by atoms with Gasteiger partial charge in [0.15, 0.2) is 17.8 Å². The lowest BCUT2D eigenvalue weighted by Gasteiger charge is -2.27. The van der Waals surface area contributed by atoms with E-state index >= 15 is 4.39 Å². The molecule has 7 rings (SSSR count). The van der Waals surface area contributed by atoms with Crippen molar-refractivity contribution >= 4 is 16.7 Å². The quantitative estimate of drug-likeness (QED) is 0.258. The number of aliphatic hydroxyl groups excluding tert-OH is 1. The molecule has 2 aromatic carbocycles. The summed E-state index contributed by atoms with van der Waals surface area (Å²) in [4.78, 5) is 4.77. The molecule has 10 heteroatoms. The molecule has 3 aliphatic heterocycles. The second kappa shape index (κ2) is 12.2. The van der Waals surface area contributed by atoms with Crippen LogP contribution in [0.3, 0.4) is 0 Å². The Hall–Kier alpha value is -3.54. The van der Waals surface area contributed by atoms with E-state index in [1.807, 2.05) is 47.0 Å². The Kier molecular flexibility index (Phi) is 8.03. The Labute approximate surface area is 249 Å². The van der Waals surface area contributed by atoms with Gasteiger partial charge in [-0.1, -0.05) is 36.4 Å². The first-order valence-corrected chi connectivity index (χ1v) is 14.9. The van der Waals surface area contributed by atoms with E-state index < -0.39 is 24.1 Å². The van der Waals surface area contributed by atoms with Crippen LogP contribution in [0.15, 0.2) is 60.7 Å². The van der Waals surface area contributed by atoms with Gasteiger partial charge < -0.3 is 34.1 Å². The van der Waals surface area contributed by atoms with Gasteiger partial charge in [-0.2, -0.15) is 0 Å². The summed E-state index contributed by atoms with van der Waals surface area (Å²) in [7, 11) is 1.68. The molecule has 0 radical (unpaired) electrons. The van der Waals surface area contributed by atoms with E-state index in [1.54, 1.807) is 7.11 Å². The van der Waals surface area contributed by atoms with Crippen molar-refractivity contribution < 1.29 is 33.2 Å². The molecule has 5 heterocycles. The van der Waals surface area contributed by atoms with Crippen molar-refractivity contribution in [3.8, 4) is 28.3 Å². The van der Waals surface area contributed by atoms with Crippen LogP contribution in [0.2, 0.25) is 0 Å². The summed E-state index contributed by atoms with van der Waals surface area (Å²) < 4.78 is 46.8. The molecule has 4 aromatic rings. The molecule has 226 valence electrons. The van der Waals surface area contributed by atoms with Crippen LogP contribution in [0.5, 0.6) is 5.88 Å². The number of benzene rings is 2. The van der Waals surface area contributed by atoms with E-state index in [4.69, 9.17) is 28.7 Å². The molecular weight excluding hydrogens is 553 g/mol. The van der Waals surface area contributed by atoms with Gasteiger partial charge in [-0.15, -0.1) is 0 Å². The molecular formula is C33H36FN3O6. The SMILES string of the molecule is COCCNc1ccc(-c2ccc(-c3nc4cc(O[C@@H]5COC6[C@H](O)CO[C@@H]65)n(C5CCCCO5)c4cc3F)cc2)cc1. The van der Waals surface area contributed by atoms with Crippen LogP contribution in [0, 0.1) is 5.82 Å². The topological polar surface area (TPSA) is 96.2 Å². The van der Waals surface area contributed by atoms with E-state index in [0.717, 1.165) is 42.6 Å². The zero-order valence-corrected chi connectivity index (χ0v) is 24.1. The molecule has 5 atom stereocenters. The number of hydrogen-bond acceptors (Lipinski definition) is 8. The normalized spacial score (nSPS) is 25.2. The molecule has 3 aliphatic rings. The Morgan fingerprint density at radius 3 is 2.44 bits per heavy atom. The van der Waals surface area contributed by atoms with E-state index in [2.05, 4.69) is 17.4 Å². The highest BCUT2D eigenvalue weighted by atomic mass is 19.1. The number of nitrogens with one attached hydrogen (secondary N) is 1. The maximum Gasteiger partial charge on any atom is 0.198 e. The molecule has 0 bridgehead atoms. The van der Waals surface area contributed by atoms with E-state index in [1.165, 1.54) is 6.07 Å². The molecule has 3 saturated heterocycles. The zero-order chi connectivity index (χ0) is 29.3. The van der Waals surface area contributed by atoms with E-state index in [-0.39, 0.29) is 24.6 Å². The number of pyridine rings is 1.